The van der Waals surface area contributed by atoms with Gasteiger partial charge in [0.1, 0.15) is 11.6 Å². The van der Waals surface area contributed by atoms with Crippen molar-refractivity contribution in [1.82, 2.24) is 19.7 Å². The van der Waals surface area contributed by atoms with Crippen LogP contribution in [0.2, 0.25) is 0 Å². The minimum atomic E-state index is 0.268. The number of anilines is 2. The predicted molar refractivity (Wildman–Crippen MR) is 79.0 cm³/mol. The van der Waals surface area contributed by atoms with Crippen LogP contribution in [0, 0.1) is 25.2 Å². The minimum absolute atomic E-state index is 0.268. The summed E-state index contributed by atoms with van der Waals surface area (Å²) < 4.78 is 1.43. The van der Waals surface area contributed by atoms with Gasteiger partial charge in [0, 0.05) is 17.4 Å². The lowest BCUT2D eigenvalue weighted by molar-refractivity contribution is 0.444. The highest BCUT2D eigenvalue weighted by Gasteiger charge is 2.23. The molecule has 0 saturated heterocycles. The highest BCUT2D eigenvalue weighted by atomic mass is 15.4. The molecule has 0 unspecified atom stereocenters. The first-order chi connectivity index (χ1) is 10.1. The van der Waals surface area contributed by atoms with Gasteiger partial charge in [-0.1, -0.05) is 0 Å². The van der Waals surface area contributed by atoms with Gasteiger partial charge in [0.2, 0.25) is 0 Å². The monoisotopic (exact) mass is 283 g/mol. The fourth-order valence-corrected chi connectivity index (χ4v) is 2.34. The van der Waals surface area contributed by atoms with Gasteiger partial charge in [-0.05, 0) is 39.2 Å². The van der Waals surface area contributed by atoms with E-state index in [0.717, 1.165) is 24.2 Å². The van der Waals surface area contributed by atoms with Gasteiger partial charge in [-0.15, -0.1) is 5.10 Å². The van der Waals surface area contributed by atoms with E-state index in [0.29, 0.717) is 23.4 Å². The van der Waals surface area contributed by atoms with E-state index in [9.17, 15) is 5.26 Å². The first-order valence-corrected chi connectivity index (χ1v) is 6.96. The molecule has 1 saturated carbocycles. The number of nitrogens with one attached hydrogen (secondary N) is 1. The maximum absolute atomic E-state index is 9.31. The van der Waals surface area contributed by atoms with Crippen molar-refractivity contribution in [3.05, 3.63) is 23.0 Å². The van der Waals surface area contributed by atoms with E-state index in [1.54, 1.807) is 0 Å². The van der Waals surface area contributed by atoms with Crippen LogP contribution >= 0.6 is 0 Å². The number of aromatic nitrogens is 4. The Labute approximate surface area is 122 Å². The molecule has 3 N–H and O–H groups in total. The third-order valence-electron chi connectivity index (χ3n) is 3.64. The van der Waals surface area contributed by atoms with Crippen LogP contribution in [0.1, 0.15) is 36.2 Å². The molecule has 21 heavy (non-hydrogen) atoms. The van der Waals surface area contributed by atoms with Crippen molar-refractivity contribution in [2.24, 2.45) is 0 Å². The van der Waals surface area contributed by atoms with Gasteiger partial charge in [-0.25, -0.2) is 9.97 Å². The Balaban J connectivity index is 2.04. The van der Waals surface area contributed by atoms with Gasteiger partial charge in [-0.2, -0.15) is 9.94 Å². The summed E-state index contributed by atoms with van der Waals surface area (Å²) >= 11 is 0. The number of nitrogens with zero attached hydrogens (tertiary/aromatic N) is 5. The van der Waals surface area contributed by atoms with E-state index >= 15 is 0 Å². The summed E-state index contributed by atoms with van der Waals surface area (Å²) in [6, 6.07) is 4.36. The molecule has 0 aliphatic heterocycles. The van der Waals surface area contributed by atoms with Crippen LogP contribution in [-0.4, -0.2) is 25.8 Å². The zero-order valence-corrected chi connectivity index (χ0v) is 12.1. The lowest BCUT2D eigenvalue weighted by atomic mass is 9.93. The Bertz CT molecular complexity index is 701. The van der Waals surface area contributed by atoms with Crippen molar-refractivity contribution in [2.75, 3.05) is 11.1 Å². The molecule has 7 nitrogen and oxygen atoms in total. The van der Waals surface area contributed by atoms with E-state index < -0.39 is 0 Å². The number of aryl methyl sites for hydroxylation is 2. The van der Waals surface area contributed by atoms with Gasteiger partial charge in [0.15, 0.2) is 11.6 Å². The Hall–Kier alpha value is -2.62. The Kier molecular flexibility index (Phi) is 3.22. The summed E-state index contributed by atoms with van der Waals surface area (Å²) in [6.45, 7) is 3.77. The molecule has 1 aliphatic rings. The van der Waals surface area contributed by atoms with Gasteiger partial charge in [0.25, 0.3) is 5.95 Å². The normalized spacial score (nSPS) is 14.5. The summed E-state index contributed by atoms with van der Waals surface area (Å²) in [5.74, 6) is 1.18. The largest absolute Gasteiger partial charge is 0.382 e. The quantitative estimate of drug-likeness (QED) is 0.888. The van der Waals surface area contributed by atoms with Crippen molar-refractivity contribution >= 4 is 11.6 Å². The van der Waals surface area contributed by atoms with Crippen molar-refractivity contribution in [1.29, 1.82) is 5.26 Å². The SMILES string of the molecule is Cc1cc(C)nc(-n2nc(NC3CCC3)c(C#N)c2N)n1. The second kappa shape index (κ2) is 5.05. The van der Waals surface area contributed by atoms with Gasteiger partial charge in [0.05, 0.1) is 0 Å². The van der Waals surface area contributed by atoms with E-state index in [2.05, 4.69) is 26.5 Å². The fraction of sp³-hybridized carbons (Fsp3) is 0.429. The minimum Gasteiger partial charge on any atom is -0.382 e. The molecule has 0 radical (unpaired) electrons. The van der Waals surface area contributed by atoms with Crippen LogP contribution in [-0.2, 0) is 0 Å². The molecule has 0 aromatic carbocycles. The topological polar surface area (TPSA) is 105 Å². The third-order valence-corrected chi connectivity index (χ3v) is 3.64. The fourth-order valence-electron chi connectivity index (χ4n) is 2.34. The molecular weight excluding hydrogens is 266 g/mol. The Morgan fingerprint density at radius 2 is 2.00 bits per heavy atom. The van der Waals surface area contributed by atoms with Crippen LogP contribution in [0.15, 0.2) is 6.07 Å². The number of rotatable bonds is 3. The van der Waals surface area contributed by atoms with Crippen LogP contribution < -0.4 is 11.1 Å². The molecule has 1 aliphatic carbocycles. The van der Waals surface area contributed by atoms with Gasteiger partial charge < -0.3 is 11.1 Å². The lowest BCUT2D eigenvalue weighted by Gasteiger charge is -2.26. The number of hydrogen-bond donors (Lipinski definition) is 2. The molecule has 0 bridgehead atoms. The molecule has 0 atom stereocenters. The maximum atomic E-state index is 9.31. The van der Waals surface area contributed by atoms with Crippen LogP contribution in [0.25, 0.3) is 5.95 Å². The molecule has 108 valence electrons. The summed E-state index contributed by atoms with van der Waals surface area (Å²) in [5.41, 5.74) is 8.06. The maximum Gasteiger partial charge on any atom is 0.253 e. The molecule has 2 aromatic heterocycles. The van der Waals surface area contributed by atoms with Crippen LogP contribution in [0.4, 0.5) is 11.6 Å². The van der Waals surface area contributed by atoms with Gasteiger partial charge >= 0.3 is 0 Å². The molecule has 3 rings (SSSR count). The molecule has 2 heterocycles. The number of nitriles is 1. The molecule has 1 fully saturated rings. The Morgan fingerprint density at radius 3 is 2.52 bits per heavy atom. The van der Waals surface area contributed by atoms with Crippen molar-refractivity contribution in [2.45, 2.75) is 39.2 Å². The first-order valence-electron chi connectivity index (χ1n) is 6.96. The van der Waals surface area contributed by atoms with Crippen molar-refractivity contribution < 1.29 is 0 Å². The smallest absolute Gasteiger partial charge is 0.253 e. The van der Waals surface area contributed by atoms with Crippen LogP contribution in [0.3, 0.4) is 0 Å². The van der Waals surface area contributed by atoms with E-state index in [-0.39, 0.29) is 5.82 Å². The number of nitrogens with two attached hydrogens (primary N) is 1. The second-order valence-corrected chi connectivity index (χ2v) is 5.36. The molecular formula is C14H17N7. The van der Waals surface area contributed by atoms with Crippen LogP contribution in [0.5, 0.6) is 0 Å². The summed E-state index contributed by atoms with van der Waals surface area (Å²) in [7, 11) is 0. The number of nitrogen functional groups attached to an aromatic ring is 1. The van der Waals surface area contributed by atoms with E-state index in [4.69, 9.17) is 5.73 Å². The third kappa shape index (κ3) is 2.40. The second-order valence-electron chi connectivity index (χ2n) is 5.36. The molecule has 0 spiro atoms. The van der Waals surface area contributed by atoms with E-state index in [1.807, 2.05) is 19.9 Å². The zero-order valence-electron chi connectivity index (χ0n) is 12.1. The standard InChI is InChI=1S/C14H17N7/c1-8-6-9(2)18-14(17-8)21-12(16)11(7-15)13(20-21)19-10-4-3-5-10/h6,10H,3-5,16H2,1-2H3,(H,19,20). The summed E-state index contributed by atoms with van der Waals surface area (Å²) in [4.78, 5) is 8.68. The Morgan fingerprint density at radius 1 is 1.33 bits per heavy atom. The first kappa shape index (κ1) is 13.4. The van der Waals surface area contributed by atoms with E-state index in [1.165, 1.54) is 11.1 Å². The average molecular weight is 283 g/mol. The molecule has 7 heteroatoms. The van der Waals surface area contributed by atoms with Gasteiger partial charge in [-0.3, -0.25) is 0 Å². The summed E-state index contributed by atoms with van der Waals surface area (Å²) in [5, 5.41) is 17.0. The lowest BCUT2D eigenvalue weighted by Crippen LogP contribution is -2.27. The van der Waals surface area contributed by atoms with Crippen molar-refractivity contribution in [3.63, 3.8) is 0 Å². The summed E-state index contributed by atoms with van der Waals surface area (Å²) in [6.07, 6.45) is 3.39. The zero-order chi connectivity index (χ0) is 15.0. The highest BCUT2D eigenvalue weighted by molar-refractivity contribution is 5.65. The molecule has 0 amide bonds. The highest BCUT2D eigenvalue weighted by Crippen LogP contribution is 2.28. The van der Waals surface area contributed by atoms with Crippen molar-refractivity contribution in [3.8, 4) is 12.0 Å². The molecule has 2 aromatic rings. The average Bonchev–Trinajstić information content (AvgIpc) is 2.69. The number of hydrogen-bond acceptors (Lipinski definition) is 6. The predicted octanol–water partition coefficient (Wildman–Crippen LogP) is 1.70.